The molecule has 0 saturated carbocycles. The zero-order chi connectivity index (χ0) is 14.1. The van der Waals surface area contributed by atoms with Gasteiger partial charge in [-0.3, -0.25) is 4.79 Å². The first kappa shape index (κ1) is 13.0. The fraction of sp³-hybridized carbons (Fsp3) is 0.267. The number of fused-ring (bicyclic) bond motifs is 1. The number of amides is 1. The van der Waals surface area contributed by atoms with Gasteiger partial charge in [-0.25, -0.2) is 0 Å². The molecule has 0 saturated heterocycles. The van der Waals surface area contributed by atoms with Crippen molar-refractivity contribution in [2.75, 3.05) is 10.6 Å². The maximum atomic E-state index is 12.3. The van der Waals surface area contributed by atoms with Crippen molar-refractivity contribution in [2.24, 2.45) is 0 Å². The molecule has 0 spiro atoms. The Morgan fingerprint density at radius 3 is 2.80 bits per heavy atom. The van der Waals surface area contributed by atoms with Gasteiger partial charge in [-0.2, -0.15) is 0 Å². The Labute approximate surface area is 121 Å². The quantitative estimate of drug-likeness (QED) is 0.906. The van der Waals surface area contributed by atoms with E-state index < -0.39 is 0 Å². The third-order valence-electron chi connectivity index (χ3n) is 3.03. The standard InChI is InChI=1S/C15H16N2O2S/c1-9(2)19-11-6-3-5-10-13(11)17-15(18)14(16-10)12-7-4-8-20-12/h3-9,14,16H,1-2H3,(H,17,18). The highest BCUT2D eigenvalue weighted by atomic mass is 32.1. The summed E-state index contributed by atoms with van der Waals surface area (Å²) < 4.78 is 5.73. The van der Waals surface area contributed by atoms with E-state index in [1.807, 2.05) is 49.6 Å². The fourth-order valence-electron chi connectivity index (χ4n) is 2.20. The van der Waals surface area contributed by atoms with Gasteiger partial charge in [-0.15, -0.1) is 11.3 Å². The molecule has 104 valence electrons. The van der Waals surface area contributed by atoms with Crippen LogP contribution in [0.25, 0.3) is 0 Å². The number of carbonyl (C=O) groups excluding carboxylic acids is 1. The van der Waals surface area contributed by atoms with Crippen molar-refractivity contribution in [3.63, 3.8) is 0 Å². The highest BCUT2D eigenvalue weighted by molar-refractivity contribution is 7.10. The van der Waals surface area contributed by atoms with E-state index in [4.69, 9.17) is 4.74 Å². The second kappa shape index (κ2) is 5.17. The molecule has 1 aromatic heterocycles. The summed E-state index contributed by atoms with van der Waals surface area (Å²) in [6.45, 7) is 3.93. The average Bonchev–Trinajstić information content (AvgIpc) is 2.92. The molecule has 1 unspecified atom stereocenters. The molecular formula is C15H16N2O2S. The van der Waals surface area contributed by atoms with Crippen LogP contribution in [0.2, 0.25) is 0 Å². The van der Waals surface area contributed by atoms with Crippen LogP contribution in [0, 0.1) is 0 Å². The molecule has 0 fully saturated rings. The van der Waals surface area contributed by atoms with Gasteiger partial charge in [-0.05, 0) is 37.4 Å². The SMILES string of the molecule is CC(C)Oc1cccc2c1NC(=O)C(c1cccs1)N2. The summed E-state index contributed by atoms with van der Waals surface area (Å²) >= 11 is 1.57. The molecule has 1 atom stereocenters. The number of rotatable bonds is 3. The van der Waals surface area contributed by atoms with Crippen molar-refractivity contribution in [2.45, 2.75) is 26.0 Å². The lowest BCUT2D eigenvalue weighted by Crippen LogP contribution is -2.31. The van der Waals surface area contributed by atoms with Gasteiger partial charge >= 0.3 is 0 Å². The van der Waals surface area contributed by atoms with Crippen LogP contribution in [-0.4, -0.2) is 12.0 Å². The minimum absolute atomic E-state index is 0.0558. The van der Waals surface area contributed by atoms with E-state index in [9.17, 15) is 4.79 Å². The van der Waals surface area contributed by atoms with E-state index in [1.54, 1.807) is 11.3 Å². The summed E-state index contributed by atoms with van der Waals surface area (Å²) in [6.07, 6.45) is 0.0634. The van der Waals surface area contributed by atoms with Gasteiger partial charge in [0.25, 0.3) is 5.91 Å². The highest BCUT2D eigenvalue weighted by Gasteiger charge is 2.29. The van der Waals surface area contributed by atoms with Crippen LogP contribution in [-0.2, 0) is 4.79 Å². The molecule has 2 aromatic rings. The first-order valence-electron chi connectivity index (χ1n) is 6.55. The van der Waals surface area contributed by atoms with Crippen LogP contribution in [0.3, 0.4) is 0 Å². The third kappa shape index (κ3) is 2.36. The molecule has 0 bridgehead atoms. The maximum Gasteiger partial charge on any atom is 0.252 e. The summed E-state index contributed by atoms with van der Waals surface area (Å²) in [5.74, 6) is 0.641. The molecule has 4 nitrogen and oxygen atoms in total. The Kier molecular flexibility index (Phi) is 3.36. The van der Waals surface area contributed by atoms with Crippen molar-refractivity contribution in [3.8, 4) is 5.75 Å². The Morgan fingerprint density at radius 1 is 1.25 bits per heavy atom. The predicted octanol–water partition coefficient (Wildman–Crippen LogP) is 3.64. The van der Waals surface area contributed by atoms with E-state index in [2.05, 4.69) is 10.6 Å². The number of hydrogen-bond acceptors (Lipinski definition) is 4. The van der Waals surface area contributed by atoms with E-state index in [-0.39, 0.29) is 18.1 Å². The van der Waals surface area contributed by atoms with Crippen molar-refractivity contribution >= 4 is 28.6 Å². The van der Waals surface area contributed by atoms with Gasteiger partial charge in [0.15, 0.2) is 0 Å². The number of anilines is 2. The maximum absolute atomic E-state index is 12.3. The van der Waals surface area contributed by atoms with Crippen molar-refractivity contribution in [3.05, 3.63) is 40.6 Å². The smallest absolute Gasteiger partial charge is 0.252 e. The molecule has 0 aliphatic carbocycles. The number of carbonyl (C=O) groups is 1. The van der Waals surface area contributed by atoms with Gasteiger partial charge in [0.05, 0.1) is 11.8 Å². The van der Waals surface area contributed by atoms with Gasteiger partial charge in [0, 0.05) is 4.88 Å². The Balaban J connectivity index is 1.94. The van der Waals surface area contributed by atoms with Crippen LogP contribution >= 0.6 is 11.3 Å². The van der Waals surface area contributed by atoms with Gasteiger partial charge in [0.2, 0.25) is 0 Å². The Morgan fingerprint density at radius 2 is 2.10 bits per heavy atom. The summed E-state index contributed by atoms with van der Waals surface area (Å²) in [4.78, 5) is 13.3. The molecule has 1 aliphatic heterocycles. The van der Waals surface area contributed by atoms with Crippen molar-refractivity contribution < 1.29 is 9.53 Å². The van der Waals surface area contributed by atoms with E-state index >= 15 is 0 Å². The molecule has 2 N–H and O–H groups in total. The summed E-state index contributed by atoms with van der Waals surface area (Å²) in [6, 6.07) is 9.31. The van der Waals surface area contributed by atoms with Gasteiger partial charge in [-0.1, -0.05) is 12.1 Å². The zero-order valence-corrected chi connectivity index (χ0v) is 12.2. The number of nitrogens with one attached hydrogen (secondary N) is 2. The summed E-state index contributed by atoms with van der Waals surface area (Å²) in [5, 5.41) is 8.20. The molecule has 3 rings (SSSR count). The average molecular weight is 288 g/mol. The number of hydrogen-bond donors (Lipinski definition) is 2. The Hall–Kier alpha value is -2.01. The monoisotopic (exact) mass is 288 g/mol. The van der Waals surface area contributed by atoms with Gasteiger partial charge in [0.1, 0.15) is 17.5 Å². The zero-order valence-electron chi connectivity index (χ0n) is 11.3. The predicted molar refractivity (Wildman–Crippen MR) is 81.5 cm³/mol. The lowest BCUT2D eigenvalue weighted by Gasteiger charge is -2.28. The topological polar surface area (TPSA) is 50.4 Å². The van der Waals surface area contributed by atoms with Crippen LogP contribution in [0.15, 0.2) is 35.7 Å². The summed E-state index contributed by atoms with van der Waals surface area (Å²) in [7, 11) is 0. The van der Waals surface area contributed by atoms with Crippen molar-refractivity contribution in [1.82, 2.24) is 0 Å². The van der Waals surface area contributed by atoms with E-state index in [1.165, 1.54) is 0 Å². The molecule has 1 aliphatic rings. The molecule has 5 heteroatoms. The molecule has 0 radical (unpaired) electrons. The van der Waals surface area contributed by atoms with Crippen LogP contribution in [0.1, 0.15) is 24.8 Å². The Bertz CT molecular complexity index is 623. The third-order valence-corrected chi connectivity index (χ3v) is 3.96. The number of para-hydroxylation sites is 1. The van der Waals surface area contributed by atoms with E-state index in [0.717, 1.165) is 16.3 Å². The lowest BCUT2D eigenvalue weighted by molar-refractivity contribution is -0.117. The van der Waals surface area contributed by atoms with E-state index in [0.29, 0.717) is 5.75 Å². The fourth-order valence-corrected chi connectivity index (χ4v) is 2.98. The number of benzene rings is 1. The molecule has 1 aromatic carbocycles. The molecule has 20 heavy (non-hydrogen) atoms. The second-order valence-electron chi connectivity index (χ2n) is 4.93. The van der Waals surface area contributed by atoms with Crippen molar-refractivity contribution in [1.29, 1.82) is 0 Å². The van der Waals surface area contributed by atoms with Crippen LogP contribution < -0.4 is 15.4 Å². The first-order valence-corrected chi connectivity index (χ1v) is 7.43. The molecule has 2 heterocycles. The first-order chi connectivity index (χ1) is 9.65. The molecular weight excluding hydrogens is 272 g/mol. The number of thiophene rings is 1. The largest absolute Gasteiger partial charge is 0.489 e. The minimum Gasteiger partial charge on any atom is -0.489 e. The second-order valence-corrected chi connectivity index (χ2v) is 5.91. The van der Waals surface area contributed by atoms with Crippen LogP contribution in [0.5, 0.6) is 5.75 Å². The lowest BCUT2D eigenvalue weighted by atomic mass is 10.1. The summed E-state index contributed by atoms with van der Waals surface area (Å²) in [5.41, 5.74) is 1.61. The normalized spacial score (nSPS) is 17.4. The van der Waals surface area contributed by atoms with Gasteiger partial charge < -0.3 is 15.4 Å². The highest BCUT2D eigenvalue weighted by Crippen LogP contribution is 2.39. The van der Waals surface area contributed by atoms with Crippen LogP contribution in [0.4, 0.5) is 11.4 Å². The minimum atomic E-state index is -0.336. The molecule has 1 amide bonds. The number of ether oxygens (including phenoxy) is 1.